The van der Waals surface area contributed by atoms with Gasteiger partial charge in [0.2, 0.25) is 0 Å². The molecule has 5 heteroatoms. The number of rotatable bonds is 0. The number of urea groups is 1. The van der Waals surface area contributed by atoms with E-state index in [1.165, 1.54) is 12.4 Å². The molecule has 1 N–H and O–H groups in total. The van der Waals surface area contributed by atoms with Crippen LogP contribution < -0.4 is 5.32 Å². The van der Waals surface area contributed by atoms with E-state index < -0.39 is 0 Å². The van der Waals surface area contributed by atoms with E-state index in [0.717, 1.165) is 0 Å². The lowest BCUT2D eigenvalue weighted by Crippen LogP contribution is -2.30. The molecule has 0 aromatic carbocycles. The standard InChI is InChI=1S/C5H4N4O/c10-5-8-3-4(9-5)7-2-1-6-3/h1-3H,(H,8,10). The summed E-state index contributed by atoms with van der Waals surface area (Å²) in [6.45, 7) is 0. The topological polar surface area (TPSA) is 66.2 Å². The van der Waals surface area contributed by atoms with E-state index in [2.05, 4.69) is 20.3 Å². The van der Waals surface area contributed by atoms with Gasteiger partial charge in [0.05, 0.1) is 0 Å². The summed E-state index contributed by atoms with van der Waals surface area (Å²) in [5, 5.41) is 2.50. The highest BCUT2D eigenvalue weighted by atomic mass is 16.2. The minimum atomic E-state index is -0.365. The first kappa shape index (κ1) is 5.28. The molecule has 1 atom stereocenters. The zero-order chi connectivity index (χ0) is 6.97. The van der Waals surface area contributed by atoms with E-state index in [0.29, 0.717) is 5.84 Å². The van der Waals surface area contributed by atoms with Gasteiger partial charge in [-0.25, -0.2) is 9.79 Å². The summed E-state index contributed by atoms with van der Waals surface area (Å²) in [5.41, 5.74) is 0. The Morgan fingerprint density at radius 2 is 2.40 bits per heavy atom. The second-order valence-corrected chi connectivity index (χ2v) is 1.90. The SMILES string of the molecule is O=C1N=C2N=CC=NC2N1. The fraction of sp³-hybridized carbons (Fsp3) is 0.200. The molecule has 1 unspecified atom stereocenters. The van der Waals surface area contributed by atoms with Gasteiger partial charge in [-0.2, -0.15) is 4.99 Å². The highest BCUT2D eigenvalue weighted by Crippen LogP contribution is 2.03. The summed E-state index contributed by atoms with van der Waals surface area (Å²) in [6.07, 6.45) is 2.71. The van der Waals surface area contributed by atoms with E-state index in [1.54, 1.807) is 0 Å². The number of aliphatic imine (C=N–C) groups is 3. The number of carbonyl (C=O) groups excluding carboxylic acids is 1. The van der Waals surface area contributed by atoms with Crippen LogP contribution in [-0.2, 0) is 0 Å². The Labute approximate surface area is 56.6 Å². The number of carbonyl (C=O) groups is 1. The molecule has 2 aliphatic heterocycles. The van der Waals surface area contributed by atoms with Crippen molar-refractivity contribution < 1.29 is 4.79 Å². The van der Waals surface area contributed by atoms with E-state index in [-0.39, 0.29) is 12.2 Å². The van der Waals surface area contributed by atoms with Gasteiger partial charge in [-0.15, -0.1) is 0 Å². The number of nitrogens with one attached hydrogen (secondary N) is 1. The third kappa shape index (κ3) is 0.637. The lowest BCUT2D eigenvalue weighted by Gasteiger charge is -2.04. The highest BCUT2D eigenvalue weighted by molar-refractivity contribution is 6.23. The first-order chi connectivity index (χ1) is 4.86. The predicted molar refractivity (Wildman–Crippen MR) is 36.7 cm³/mol. The number of hydrogen-bond donors (Lipinski definition) is 1. The molecule has 10 heavy (non-hydrogen) atoms. The normalized spacial score (nSPS) is 27.8. The zero-order valence-corrected chi connectivity index (χ0v) is 4.98. The van der Waals surface area contributed by atoms with Crippen molar-refractivity contribution in [1.82, 2.24) is 5.32 Å². The molecule has 2 amide bonds. The van der Waals surface area contributed by atoms with Crippen molar-refractivity contribution in [2.24, 2.45) is 15.0 Å². The average molecular weight is 136 g/mol. The van der Waals surface area contributed by atoms with Crippen molar-refractivity contribution in [1.29, 1.82) is 0 Å². The van der Waals surface area contributed by atoms with Crippen LogP contribution in [0, 0.1) is 0 Å². The van der Waals surface area contributed by atoms with Gasteiger partial charge in [0.1, 0.15) is 0 Å². The summed E-state index contributed by atoms with van der Waals surface area (Å²) in [6, 6.07) is -0.365. The Morgan fingerprint density at radius 3 is 3.20 bits per heavy atom. The second kappa shape index (κ2) is 1.73. The molecular formula is C5H4N4O. The second-order valence-electron chi connectivity index (χ2n) is 1.90. The van der Waals surface area contributed by atoms with Gasteiger partial charge in [0.15, 0.2) is 12.0 Å². The molecule has 0 radical (unpaired) electrons. The van der Waals surface area contributed by atoms with Crippen LogP contribution in [-0.4, -0.2) is 30.5 Å². The smallest absolute Gasteiger partial charge is 0.308 e. The van der Waals surface area contributed by atoms with E-state index in [4.69, 9.17) is 0 Å². The van der Waals surface area contributed by atoms with Crippen LogP contribution in [0.15, 0.2) is 15.0 Å². The molecule has 0 saturated heterocycles. The van der Waals surface area contributed by atoms with Crippen molar-refractivity contribution in [3.05, 3.63) is 0 Å². The predicted octanol–water partition coefficient (Wildman–Crippen LogP) is -0.411. The number of hydrogen-bond acceptors (Lipinski definition) is 3. The molecule has 2 heterocycles. The maximum atomic E-state index is 10.6. The molecule has 2 aliphatic rings. The van der Waals surface area contributed by atoms with E-state index in [9.17, 15) is 4.79 Å². The Kier molecular flexibility index (Phi) is 0.913. The van der Waals surface area contributed by atoms with Crippen LogP contribution in [0.2, 0.25) is 0 Å². The molecular weight excluding hydrogens is 132 g/mol. The van der Waals surface area contributed by atoms with Crippen molar-refractivity contribution in [3.8, 4) is 0 Å². The first-order valence-electron chi connectivity index (χ1n) is 2.81. The quantitative estimate of drug-likeness (QED) is 0.483. The van der Waals surface area contributed by atoms with Gasteiger partial charge in [-0.1, -0.05) is 0 Å². The highest BCUT2D eigenvalue weighted by Gasteiger charge is 2.24. The van der Waals surface area contributed by atoms with Crippen molar-refractivity contribution in [3.63, 3.8) is 0 Å². The third-order valence-corrected chi connectivity index (χ3v) is 1.23. The van der Waals surface area contributed by atoms with Gasteiger partial charge in [0, 0.05) is 12.4 Å². The lowest BCUT2D eigenvalue weighted by atomic mass is 10.4. The van der Waals surface area contributed by atoms with Crippen molar-refractivity contribution in [2.75, 3.05) is 0 Å². The van der Waals surface area contributed by atoms with E-state index >= 15 is 0 Å². The van der Waals surface area contributed by atoms with Gasteiger partial charge >= 0.3 is 6.03 Å². The molecule has 0 aliphatic carbocycles. The van der Waals surface area contributed by atoms with Crippen LogP contribution in [0.25, 0.3) is 0 Å². The van der Waals surface area contributed by atoms with E-state index in [1.807, 2.05) is 0 Å². The Hall–Kier alpha value is -1.52. The van der Waals surface area contributed by atoms with Gasteiger partial charge < -0.3 is 5.32 Å². The molecule has 0 aromatic heterocycles. The first-order valence-corrected chi connectivity index (χ1v) is 2.81. The molecule has 0 spiro atoms. The van der Waals surface area contributed by atoms with Crippen LogP contribution in [0.1, 0.15) is 0 Å². The summed E-state index contributed by atoms with van der Waals surface area (Å²) >= 11 is 0. The third-order valence-electron chi connectivity index (χ3n) is 1.23. The number of amidine groups is 1. The van der Waals surface area contributed by atoms with Crippen molar-refractivity contribution >= 4 is 24.3 Å². The van der Waals surface area contributed by atoms with Gasteiger partial charge in [-0.05, 0) is 0 Å². The fourth-order valence-corrected chi connectivity index (χ4v) is 0.817. The molecule has 0 bridgehead atoms. The van der Waals surface area contributed by atoms with Crippen LogP contribution >= 0.6 is 0 Å². The van der Waals surface area contributed by atoms with Crippen LogP contribution in [0.3, 0.4) is 0 Å². The molecule has 50 valence electrons. The minimum absolute atomic E-state index is 0.336. The largest absolute Gasteiger partial charge is 0.344 e. The monoisotopic (exact) mass is 136 g/mol. The fourth-order valence-electron chi connectivity index (χ4n) is 0.817. The number of nitrogens with zero attached hydrogens (tertiary/aromatic N) is 3. The van der Waals surface area contributed by atoms with Crippen LogP contribution in [0.5, 0.6) is 0 Å². The van der Waals surface area contributed by atoms with Gasteiger partial charge in [0.25, 0.3) is 0 Å². The molecule has 5 nitrogen and oxygen atoms in total. The lowest BCUT2D eigenvalue weighted by molar-refractivity contribution is 0.250. The Morgan fingerprint density at radius 1 is 1.50 bits per heavy atom. The molecule has 0 fully saturated rings. The number of fused-ring (bicyclic) bond motifs is 1. The number of amides is 2. The molecule has 0 aromatic rings. The maximum Gasteiger partial charge on any atom is 0.344 e. The average Bonchev–Trinajstić information content (AvgIpc) is 2.27. The maximum absolute atomic E-state index is 10.6. The van der Waals surface area contributed by atoms with Gasteiger partial charge in [-0.3, -0.25) is 4.99 Å². The van der Waals surface area contributed by atoms with Crippen LogP contribution in [0.4, 0.5) is 4.79 Å². The molecule has 0 saturated carbocycles. The summed E-state index contributed by atoms with van der Waals surface area (Å²) in [4.78, 5) is 21.9. The summed E-state index contributed by atoms with van der Waals surface area (Å²) in [7, 11) is 0. The summed E-state index contributed by atoms with van der Waals surface area (Å²) < 4.78 is 0. The Bertz CT molecular complexity index is 265. The minimum Gasteiger partial charge on any atom is -0.308 e. The zero-order valence-electron chi connectivity index (χ0n) is 4.98. The summed E-state index contributed by atoms with van der Waals surface area (Å²) in [5.74, 6) is 0.451. The molecule has 2 rings (SSSR count). The van der Waals surface area contributed by atoms with Crippen molar-refractivity contribution in [2.45, 2.75) is 6.17 Å². The Balaban J connectivity index is 2.37.